The molecule has 0 radical (unpaired) electrons. The molecule has 1 saturated carbocycles. The topological polar surface area (TPSA) is 112 Å². The van der Waals surface area contributed by atoms with E-state index in [-0.39, 0.29) is 24.0 Å². The van der Waals surface area contributed by atoms with Crippen LogP contribution in [0.2, 0.25) is 0 Å². The van der Waals surface area contributed by atoms with E-state index in [1.165, 1.54) is 0 Å². The predicted octanol–water partition coefficient (Wildman–Crippen LogP) is 2.62. The number of nitrogens with one attached hydrogen (secondary N) is 4. The minimum Gasteiger partial charge on any atom is -0.459 e. The average molecular weight is 384 g/mol. The molecular weight excluding hydrogens is 360 g/mol. The Balaban J connectivity index is 1.34. The van der Waals surface area contributed by atoms with Crippen LogP contribution >= 0.6 is 0 Å². The Hall–Kier alpha value is -3.03. The predicted molar refractivity (Wildman–Crippen MR) is 103 cm³/mol. The van der Waals surface area contributed by atoms with Crippen LogP contribution in [0.25, 0.3) is 11.0 Å². The molecule has 8 heteroatoms. The maximum absolute atomic E-state index is 12.4. The van der Waals surface area contributed by atoms with E-state index in [0.29, 0.717) is 25.7 Å². The number of fused-ring (bicyclic) bond motifs is 1. The number of amides is 5. The molecule has 4 N–H and O–H groups in total. The third-order valence-electron chi connectivity index (χ3n) is 5.81. The number of carbonyl (C=O) groups is 3. The molecule has 1 spiro atoms. The molecule has 0 bridgehead atoms. The van der Waals surface area contributed by atoms with Crippen LogP contribution in [0.3, 0.4) is 0 Å². The summed E-state index contributed by atoms with van der Waals surface area (Å²) in [4.78, 5) is 35.8. The van der Waals surface area contributed by atoms with Crippen molar-refractivity contribution in [3.05, 3.63) is 35.6 Å². The number of imide groups is 1. The lowest BCUT2D eigenvalue weighted by atomic mass is 9.79. The highest BCUT2D eigenvalue weighted by molar-refractivity contribution is 6.07. The van der Waals surface area contributed by atoms with Gasteiger partial charge in [0.2, 0.25) is 0 Å². The highest BCUT2D eigenvalue weighted by atomic mass is 16.3. The maximum Gasteiger partial charge on any atom is 0.322 e. The molecule has 2 aromatic rings. The summed E-state index contributed by atoms with van der Waals surface area (Å²) >= 11 is 0. The van der Waals surface area contributed by atoms with Gasteiger partial charge in [-0.2, -0.15) is 0 Å². The average Bonchev–Trinajstić information content (AvgIpc) is 3.14. The molecular formula is C20H24N4O4. The van der Waals surface area contributed by atoms with Crippen molar-refractivity contribution in [1.29, 1.82) is 0 Å². The van der Waals surface area contributed by atoms with Gasteiger partial charge in [-0.05, 0) is 45.6 Å². The quantitative estimate of drug-likeness (QED) is 0.609. The van der Waals surface area contributed by atoms with E-state index < -0.39 is 11.6 Å². The van der Waals surface area contributed by atoms with Crippen molar-refractivity contribution in [2.45, 2.75) is 57.2 Å². The molecule has 2 heterocycles. The fourth-order valence-corrected chi connectivity index (χ4v) is 4.23. The minimum absolute atomic E-state index is 0.0418. The smallest absolute Gasteiger partial charge is 0.322 e. The van der Waals surface area contributed by atoms with Gasteiger partial charge in [0.1, 0.15) is 16.9 Å². The second-order valence-corrected chi connectivity index (χ2v) is 7.69. The lowest BCUT2D eigenvalue weighted by Crippen LogP contribution is -2.53. The van der Waals surface area contributed by atoms with Crippen molar-refractivity contribution in [2.75, 3.05) is 0 Å². The van der Waals surface area contributed by atoms with Crippen LogP contribution in [0.4, 0.5) is 9.59 Å². The number of hydrogen-bond donors (Lipinski definition) is 4. The monoisotopic (exact) mass is 384 g/mol. The fourth-order valence-electron chi connectivity index (χ4n) is 4.23. The number of carbonyl (C=O) groups excluding carboxylic acids is 3. The van der Waals surface area contributed by atoms with Gasteiger partial charge in [0.15, 0.2) is 0 Å². The van der Waals surface area contributed by atoms with Gasteiger partial charge in [-0.15, -0.1) is 0 Å². The summed E-state index contributed by atoms with van der Waals surface area (Å²) in [5.41, 5.74) is 1.01. The molecule has 1 aromatic carbocycles. The Morgan fingerprint density at radius 3 is 2.61 bits per heavy atom. The third-order valence-corrected chi connectivity index (χ3v) is 5.81. The first-order chi connectivity index (χ1) is 13.4. The Morgan fingerprint density at radius 1 is 1.25 bits per heavy atom. The first kappa shape index (κ1) is 18.3. The van der Waals surface area contributed by atoms with Crippen molar-refractivity contribution >= 4 is 28.9 Å². The van der Waals surface area contributed by atoms with E-state index in [0.717, 1.165) is 22.3 Å². The van der Waals surface area contributed by atoms with E-state index in [4.69, 9.17) is 4.42 Å². The maximum atomic E-state index is 12.4. The summed E-state index contributed by atoms with van der Waals surface area (Å²) in [6.45, 7) is 3.87. The molecule has 1 aliphatic heterocycles. The molecule has 8 nitrogen and oxygen atoms in total. The summed E-state index contributed by atoms with van der Waals surface area (Å²) in [6, 6.07) is 6.76. The number of furan rings is 1. The SMILES string of the molecule is Cc1c(C(C)NC(=O)NC2CCC3(CC2)NC(=O)NC3=O)oc2ccccc12. The fraction of sp³-hybridized carbons (Fsp3) is 0.450. The van der Waals surface area contributed by atoms with E-state index in [9.17, 15) is 14.4 Å². The summed E-state index contributed by atoms with van der Waals surface area (Å²) in [6.07, 6.45) is 2.26. The van der Waals surface area contributed by atoms with Crippen LogP contribution in [-0.4, -0.2) is 29.6 Å². The lowest BCUT2D eigenvalue weighted by molar-refractivity contribution is -0.125. The lowest BCUT2D eigenvalue weighted by Gasteiger charge is -2.34. The number of aryl methyl sites for hydroxylation is 1. The van der Waals surface area contributed by atoms with E-state index in [1.54, 1.807) is 0 Å². The third kappa shape index (κ3) is 3.19. The van der Waals surface area contributed by atoms with Crippen molar-refractivity contribution in [1.82, 2.24) is 21.3 Å². The number of hydrogen-bond acceptors (Lipinski definition) is 4. The highest BCUT2D eigenvalue weighted by Gasteiger charge is 2.48. The molecule has 2 aliphatic rings. The van der Waals surface area contributed by atoms with Gasteiger partial charge < -0.3 is 20.4 Å². The largest absolute Gasteiger partial charge is 0.459 e. The minimum atomic E-state index is -0.815. The van der Waals surface area contributed by atoms with E-state index in [2.05, 4.69) is 21.3 Å². The summed E-state index contributed by atoms with van der Waals surface area (Å²) < 4.78 is 5.91. The zero-order valence-corrected chi connectivity index (χ0v) is 15.9. The number of urea groups is 2. The zero-order valence-electron chi connectivity index (χ0n) is 15.9. The summed E-state index contributed by atoms with van der Waals surface area (Å²) in [7, 11) is 0. The van der Waals surface area contributed by atoms with Crippen molar-refractivity contribution < 1.29 is 18.8 Å². The van der Waals surface area contributed by atoms with Gasteiger partial charge in [-0.1, -0.05) is 18.2 Å². The molecule has 1 aliphatic carbocycles. The molecule has 1 saturated heterocycles. The van der Waals surface area contributed by atoms with Crippen LogP contribution in [0.1, 0.15) is 50.0 Å². The van der Waals surface area contributed by atoms with Gasteiger partial charge in [0.05, 0.1) is 6.04 Å². The van der Waals surface area contributed by atoms with Crippen molar-refractivity contribution in [2.24, 2.45) is 0 Å². The molecule has 1 unspecified atom stereocenters. The van der Waals surface area contributed by atoms with Gasteiger partial charge in [-0.3, -0.25) is 10.1 Å². The van der Waals surface area contributed by atoms with Gasteiger partial charge >= 0.3 is 12.1 Å². The zero-order chi connectivity index (χ0) is 19.9. The molecule has 28 heavy (non-hydrogen) atoms. The van der Waals surface area contributed by atoms with Crippen LogP contribution in [-0.2, 0) is 4.79 Å². The summed E-state index contributed by atoms with van der Waals surface area (Å²) in [5.74, 6) is 0.471. The second kappa shape index (κ2) is 6.85. The normalized spacial score (nSPS) is 25.4. The molecule has 5 amide bonds. The van der Waals surface area contributed by atoms with Gasteiger partial charge in [0.25, 0.3) is 5.91 Å². The van der Waals surface area contributed by atoms with Gasteiger partial charge in [0, 0.05) is 17.0 Å². The number of rotatable bonds is 3. The molecule has 1 aromatic heterocycles. The van der Waals surface area contributed by atoms with Crippen LogP contribution in [0.15, 0.2) is 28.7 Å². The first-order valence-corrected chi connectivity index (χ1v) is 9.56. The Kier molecular flexibility index (Phi) is 4.49. The van der Waals surface area contributed by atoms with Crippen LogP contribution in [0, 0.1) is 6.92 Å². The standard InChI is InChI=1S/C20H24N4O4/c1-11-14-5-3-4-6-15(14)28-16(11)12(2)21-18(26)22-13-7-9-20(10-8-13)17(25)23-19(27)24-20/h3-6,12-13H,7-10H2,1-2H3,(H2,21,22,26)(H2,23,24,25,27). The Bertz CT molecular complexity index is 943. The highest BCUT2D eigenvalue weighted by Crippen LogP contribution is 2.31. The molecule has 1 atom stereocenters. The molecule has 4 rings (SSSR count). The number of para-hydroxylation sites is 1. The van der Waals surface area contributed by atoms with E-state index >= 15 is 0 Å². The molecule has 148 valence electrons. The summed E-state index contributed by atoms with van der Waals surface area (Å²) in [5, 5.41) is 12.0. The first-order valence-electron chi connectivity index (χ1n) is 9.56. The second-order valence-electron chi connectivity index (χ2n) is 7.69. The van der Waals surface area contributed by atoms with Crippen LogP contribution < -0.4 is 21.3 Å². The van der Waals surface area contributed by atoms with Gasteiger partial charge in [-0.25, -0.2) is 9.59 Å². The van der Waals surface area contributed by atoms with E-state index in [1.807, 2.05) is 38.1 Å². The molecule has 2 fully saturated rings. The van der Waals surface area contributed by atoms with Crippen molar-refractivity contribution in [3.8, 4) is 0 Å². The Labute approximate surface area is 162 Å². The van der Waals surface area contributed by atoms with Crippen LogP contribution in [0.5, 0.6) is 0 Å². The Morgan fingerprint density at radius 2 is 1.96 bits per heavy atom. The van der Waals surface area contributed by atoms with Crippen molar-refractivity contribution in [3.63, 3.8) is 0 Å². The number of benzene rings is 1.